The number of aromatic nitrogens is 4. The van der Waals surface area contributed by atoms with Gasteiger partial charge in [-0.25, -0.2) is 4.98 Å². The summed E-state index contributed by atoms with van der Waals surface area (Å²) in [6.45, 7) is 20.5. The van der Waals surface area contributed by atoms with E-state index in [4.69, 9.17) is 9.97 Å². The van der Waals surface area contributed by atoms with Crippen molar-refractivity contribution < 1.29 is 21.1 Å². The first-order chi connectivity index (χ1) is 30.6. The number of para-hydroxylation sites is 1. The fourth-order valence-electron chi connectivity index (χ4n) is 8.96. The molecule has 0 atom stereocenters. The Hall–Kier alpha value is -6.35. The molecule has 0 amide bonds. The average molecular weight is 1030 g/mol. The summed E-state index contributed by atoms with van der Waals surface area (Å²) in [5.74, 6) is 0.805. The van der Waals surface area contributed by atoms with E-state index in [1.165, 1.54) is 27.5 Å². The van der Waals surface area contributed by atoms with Crippen molar-refractivity contribution in [2.75, 3.05) is 0 Å². The van der Waals surface area contributed by atoms with E-state index in [9.17, 15) is 0 Å². The van der Waals surface area contributed by atoms with Gasteiger partial charge in [0.1, 0.15) is 0 Å². The molecule has 7 aromatic carbocycles. The van der Waals surface area contributed by atoms with Crippen LogP contribution in [0.4, 0.5) is 0 Å². The van der Waals surface area contributed by atoms with Crippen molar-refractivity contribution >= 4 is 32.8 Å². The van der Waals surface area contributed by atoms with E-state index in [0.717, 1.165) is 78.3 Å². The van der Waals surface area contributed by atoms with Crippen molar-refractivity contribution in [1.82, 2.24) is 19.1 Å². The number of nitrogens with zero attached hydrogens (tertiary/aromatic N) is 4. The standard InChI is InChI=1S/C60H54N4.Pt/c1-58(2,3)44-26-29-52(48(36-44)40-20-14-11-15-21-40)64-55-25-17-24-47(42-22-16-23-43(34-42)51-35-41(32-33-61-51)39-18-12-10-13-19-39)56(55)62-57(64)63-53-30-27-45(59(4,5)6)37-49(53)50-38-46(60(7,8)9)28-31-54(50)63;/h10-30,32-33,35-38H,1-9H3;/q-2;+2. The van der Waals surface area contributed by atoms with Crippen molar-refractivity contribution in [3.05, 3.63) is 193 Å². The topological polar surface area (TPSA) is 35.6 Å². The van der Waals surface area contributed by atoms with Crippen molar-refractivity contribution in [3.63, 3.8) is 0 Å². The molecule has 0 spiro atoms. The number of rotatable bonds is 6. The molecule has 10 aromatic rings. The van der Waals surface area contributed by atoms with Crippen LogP contribution >= 0.6 is 0 Å². The maximum absolute atomic E-state index is 5.78. The molecule has 0 aliphatic rings. The molecule has 0 saturated heterocycles. The summed E-state index contributed by atoms with van der Waals surface area (Å²) >= 11 is 0. The molecule has 0 aliphatic heterocycles. The molecule has 0 unspecified atom stereocenters. The first-order valence-electron chi connectivity index (χ1n) is 22.4. The maximum atomic E-state index is 5.78. The average Bonchev–Trinajstić information content (AvgIpc) is 3.83. The molecular formula is C60H54N4Pt. The molecule has 0 aliphatic carbocycles. The van der Waals surface area contributed by atoms with E-state index in [2.05, 4.69) is 235 Å². The maximum Gasteiger partial charge on any atom is 2.00 e. The zero-order valence-electron chi connectivity index (χ0n) is 38.7. The van der Waals surface area contributed by atoms with E-state index in [-0.39, 0.29) is 37.3 Å². The van der Waals surface area contributed by atoms with Crippen LogP contribution in [0.1, 0.15) is 79.0 Å². The largest absolute Gasteiger partial charge is 2.00 e. The molecular weight excluding hydrogens is 972 g/mol. The van der Waals surface area contributed by atoms with Gasteiger partial charge in [0.25, 0.3) is 0 Å². The van der Waals surface area contributed by atoms with Crippen LogP contribution in [0.15, 0.2) is 164 Å². The Kier molecular flexibility index (Phi) is 11.2. The molecule has 10 rings (SSSR count). The normalized spacial score (nSPS) is 12.3. The Bertz CT molecular complexity index is 3300. The molecule has 0 radical (unpaired) electrons. The molecule has 0 saturated carbocycles. The molecule has 3 aromatic heterocycles. The van der Waals surface area contributed by atoms with Crippen LogP contribution in [-0.2, 0) is 37.3 Å². The van der Waals surface area contributed by atoms with Gasteiger partial charge in [0, 0.05) is 23.0 Å². The van der Waals surface area contributed by atoms with Gasteiger partial charge in [-0.15, -0.1) is 40.8 Å². The van der Waals surface area contributed by atoms with E-state index >= 15 is 0 Å². The Labute approximate surface area is 398 Å². The van der Waals surface area contributed by atoms with Crippen LogP contribution in [0.3, 0.4) is 0 Å². The van der Waals surface area contributed by atoms with E-state index in [0.29, 0.717) is 0 Å². The van der Waals surface area contributed by atoms with Crippen LogP contribution < -0.4 is 0 Å². The Morgan fingerprint density at radius 3 is 1.82 bits per heavy atom. The number of hydrogen-bond acceptors (Lipinski definition) is 2. The third-order valence-corrected chi connectivity index (χ3v) is 12.7. The summed E-state index contributed by atoms with van der Waals surface area (Å²) in [5.41, 5.74) is 17.0. The molecule has 65 heavy (non-hydrogen) atoms. The fraction of sp³-hybridized carbons (Fsp3) is 0.200. The summed E-state index contributed by atoms with van der Waals surface area (Å²) in [5, 5.41) is 2.37. The van der Waals surface area contributed by atoms with Gasteiger partial charge < -0.3 is 4.57 Å². The summed E-state index contributed by atoms with van der Waals surface area (Å²) in [4.78, 5) is 10.6. The first-order valence-corrected chi connectivity index (χ1v) is 22.4. The smallest absolute Gasteiger partial charge is 0.304 e. The number of imidazole rings is 1. The van der Waals surface area contributed by atoms with Gasteiger partial charge in [-0.3, -0.25) is 9.55 Å². The summed E-state index contributed by atoms with van der Waals surface area (Å²) < 4.78 is 4.73. The summed E-state index contributed by atoms with van der Waals surface area (Å²) in [7, 11) is 0. The molecule has 324 valence electrons. The van der Waals surface area contributed by atoms with Gasteiger partial charge in [-0.1, -0.05) is 181 Å². The first kappa shape index (κ1) is 43.9. The van der Waals surface area contributed by atoms with Crippen molar-refractivity contribution in [3.8, 4) is 56.3 Å². The van der Waals surface area contributed by atoms with Gasteiger partial charge in [0.2, 0.25) is 5.95 Å². The molecule has 4 nitrogen and oxygen atoms in total. The van der Waals surface area contributed by atoms with Crippen LogP contribution in [0, 0.1) is 12.1 Å². The van der Waals surface area contributed by atoms with Gasteiger partial charge in [-0.2, -0.15) is 18.2 Å². The van der Waals surface area contributed by atoms with Gasteiger partial charge in [0.15, 0.2) is 0 Å². The quantitative estimate of drug-likeness (QED) is 0.156. The number of fused-ring (bicyclic) bond motifs is 4. The molecule has 0 bridgehead atoms. The minimum absolute atomic E-state index is 0. The van der Waals surface area contributed by atoms with Crippen molar-refractivity contribution in [2.24, 2.45) is 0 Å². The van der Waals surface area contributed by atoms with Gasteiger partial charge >= 0.3 is 21.1 Å². The number of hydrogen-bond donors (Lipinski definition) is 0. The fourth-order valence-corrected chi connectivity index (χ4v) is 8.96. The van der Waals surface area contributed by atoms with E-state index in [1.807, 2.05) is 12.3 Å². The van der Waals surface area contributed by atoms with Crippen LogP contribution in [-0.4, -0.2) is 19.1 Å². The van der Waals surface area contributed by atoms with Crippen LogP contribution in [0.25, 0.3) is 89.1 Å². The van der Waals surface area contributed by atoms with E-state index in [1.54, 1.807) is 0 Å². The Morgan fingerprint density at radius 1 is 0.477 bits per heavy atom. The van der Waals surface area contributed by atoms with E-state index < -0.39 is 0 Å². The van der Waals surface area contributed by atoms with Crippen LogP contribution in [0.5, 0.6) is 0 Å². The molecule has 5 heteroatoms. The minimum atomic E-state index is -0.0529. The second-order valence-corrected chi connectivity index (χ2v) is 20.3. The molecule has 3 heterocycles. The van der Waals surface area contributed by atoms with Crippen molar-refractivity contribution in [2.45, 2.75) is 78.6 Å². The van der Waals surface area contributed by atoms with Gasteiger partial charge in [-0.05, 0) is 74.4 Å². The van der Waals surface area contributed by atoms with Gasteiger partial charge in [0.05, 0.1) is 16.7 Å². The Balaban J connectivity index is 0.00000533. The van der Waals surface area contributed by atoms with Crippen LogP contribution in [0.2, 0.25) is 0 Å². The second kappa shape index (κ2) is 16.6. The predicted molar refractivity (Wildman–Crippen MR) is 269 cm³/mol. The predicted octanol–water partition coefficient (Wildman–Crippen LogP) is 15.7. The summed E-state index contributed by atoms with van der Waals surface area (Å²) in [6.07, 6.45) is 1.89. The number of benzene rings is 7. The third-order valence-electron chi connectivity index (χ3n) is 12.7. The molecule has 0 fully saturated rings. The third kappa shape index (κ3) is 8.08. The van der Waals surface area contributed by atoms with Crippen molar-refractivity contribution in [1.29, 1.82) is 0 Å². The Morgan fingerprint density at radius 2 is 1.11 bits per heavy atom. The number of pyridine rings is 1. The second-order valence-electron chi connectivity index (χ2n) is 20.3. The molecule has 0 N–H and O–H groups in total. The summed E-state index contributed by atoms with van der Waals surface area (Å²) in [6, 6.07) is 64.4. The SMILES string of the molecule is CC(C)(C)c1ccc(-n2c(-n3c4[c-]cc(C(C)(C)C)cc4c4cc(C(C)(C)C)ccc43)nc3c(-c4[c-]c(-c5cc(-c6ccccc6)ccn5)ccc4)cccc32)c(-c2ccccc2)c1.[Pt+2]. The zero-order valence-corrected chi connectivity index (χ0v) is 41.0. The minimum Gasteiger partial charge on any atom is -0.304 e. The zero-order chi connectivity index (χ0) is 44.5. The monoisotopic (exact) mass is 1030 g/mol.